The molecular weight excluding hydrogens is 249 g/mol. The van der Waals surface area contributed by atoms with Crippen LogP contribution in [0.2, 0.25) is 0 Å². The molecule has 18 heavy (non-hydrogen) atoms. The molecule has 1 heterocycles. The number of imide groups is 1. The largest absolute Gasteiger partial charge is 0.406 e. The molecule has 1 aliphatic rings. The zero-order chi connectivity index (χ0) is 13.3. The van der Waals surface area contributed by atoms with Crippen molar-refractivity contribution < 1.29 is 22.8 Å². The average molecular weight is 258 g/mol. The summed E-state index contributed by atoms with van der Waals surface area (Å²) in [6.07, 6.45) is -4.60. The lowest BCUT2D eigenvalue weighted by Gasteiger charge is -2.15. The predicted octanol–water partition coefficient (Wildman–Crippen LogP) is 1.84. The SMILES string of the molecule is O=C1NC(c2ccccc2)C(=O)N1CC(F)(F)F. The lowest BCUT2D eigenvalue weighted by atomic mass is 10.1. The number of hydrogen-bond donors (Lipinski definition) is 1. The summed E-state index contributed by atoms with van der Waals surface area (Å²) in [7, 11) is 0. The van der Waals surface area contributed by atoms with E-state index in [-0.39, 0.29) is 4.90 Å². The Morgan fingerprint density at radius 2 is 1.78 bits per heavy atom. The van der Waals surface area contributed by atoms with Gasteiger partial charge in [0.05, 0.1) is 0 Å². The molecule has 0 aliphatic carbocycles. The Hall–Kier alpha value is -2.05. The summed E-state index contributed by atoms with van der Waals surface area (Å²) in [5, 5.41) is 2.23. The molecule has 96 valence electrons. The highest BCUT2D eigenvalue weighted by molar-refractivity contribution is 6.04. The van der Waals surface area contributed by atoms with Crippen molar-refractivity contribution >= 4 is 11.9 Å². The van der Waals surface area contributed by atoms with Crippen LogP contribution in [0.15, 0.2) is 30.3 Å². The number of nitrogens with one attached hydrogen (secondary N) is 1. The lowest BCUT2D eigenvalue weighted by Crippen LogP contribution is -2.39. The van der Waals surface area contributed by atoms with Gasteiger partial charge in [0.15, 0.2) is 0 Å². The summed E-state index contributed by atoms with van der Waals surface area (Å²) in [5.74, 6) is -0.886. The first-order chi connectivity index (χ1) is 8.38. The first kappa shape index (κ1) is 12.4. The lowest BCUT2D eigenvalue weighted by molar-refractivity contribution is -0.153. The van der Waals surface area contributed by atoms with E-state index in [1.807, 2.05) is 0 Å². The molecule has 0 radical (unpaired) electrons. The van der Waals surface area contributed by atoms with Crippen LogP contribution >= 0.6 is 0 Å². The number of nitrogens with zero attached hydrogens (tertiary/aromatic N) is 1. The number of benzene rings is 1. The van der Waals surface area contributed by atoms with E-state index in [0.29, 0.717) is 5.56 Å². The Labute approximate surface area is 100 Å². The van der Waals surface area contributed by atoms with Gasteiger partial charge >= 0.3 is 12.2 Å². The van der Waals surface area contributed by atoms with Crippen molar-refractivity contribution in [3.05, 3.63) is 35.9 Å². The Balaban J connectivity index is 2.20. The van der Waals surface area contributed by atoms with Crippen molar-refractivity contribution in [2.75, 3.05) is 6.54 Å². The maximum atomic E-state index is 12.2. The van der Waals surface area contributed by atoms with Crippen molar-refractivity contribution in [3.8, 4) is 0 Å². The third-order valence-electron chi connectivity index (χ3n) is 2.50. The van der Waals surface area contributed by atoms with Crippen molar-refractivity contribution in [1.29, 1.82) is 0 Å². The van der Waals surface area contributed by atoms with E-state index in [4.69, 9.17) is 0 Å². The van der Waals surface area contributed by atoms with Crippen LogP contribution in [0.5, 0.6) is 0 Å². The average Bonchev–Trinajstić information content (AvgIpc) is 2.56. The fourth-order valence-corrected chi connectivity index (χ4v) is 1.72. The molecule has 1 aromatic carbocycles. The molecule has 1 saturated heterocycles. The molecule has 0 bridgehead atoms. The number of carbonyl (C=O) groups excluding carboxylic acids is 2. The molecule has 2 rings (SSSR count). The highest BCUT2D eigenvalue weighted by atomic mass is 19.4. The molecule has 3 amide bonds. The third-order valence-corrected chi connectivity index (χ3v) is 2.50. The minimum atomic E-state index is -4.60. The quantitative estimate of drug-likeness (QED) is 0.823. The van der Waals surface area contributed by atoms with Gasteiger partial charge in [-0.3, -0.25) is 9.69 Å². The Morgan fingerprint density at radius 3 is 2.33 bits per heavy atom. The van der Waals surface area contributed by atoms with Gasteiger partial charge in [-0.25, -0.2) is 4.79 Å². The summed E-state index contributed by atoms with van der Waals surface area (Å²) in [6, 6.07) is 6.06. The second kappa shape index (κ2) is 4.32. The molecule has 1 unspecified atom stereocenters. The zero-order valence-corrected chi connectivity index (χ0v) is 9.07. The monoisotopic (exact) mass is 258 g/mol. The van der Waals surface area contributed by atoms with E-state index < -0.39 is 30.7 Å². The van der Waals surface area contributed by atoms with E-state index in [2.05, 4.69) is 5.32 Å². The van der Waals surface area contributed by atoms with E-state index in [1.165, 1.54) is 0 Å². The van der Waals surface area contributed by atoms with Crippen molar-refractivity contribution in [2.45, 2.75) is 12.2 Å². The standard InChI is InChI=1S/C11H9F3N2O2/c12-11(13,14)6-16-9(17)8(15-10(16)18)7-4-2-1-3-5-7/h1-5,8H,6H2,(H,15,18). The summed E-state index contributed by atoms with van der Waals surface area (Å²) in [4.78, 5) is 23.3. The van der Waals surface area contributed by atoms with E-state index in [0.717, 1.165) is 0 Å². The minimum absolute atomic E-state index is 0.178. The normalized spacial score (nSPS) is 20.2. The highest BCUT2D eigenvalue weighted by Crippen LogP contribution is 2.25. The molecule has 7 heteroatoms. The first-order valence-electron chi connectivity index (χ1n) is 5.12. The predicted molar refractivity (Wildman–Crippen MR) is 55.5 cm³/mol. The van der Waals surface area contributed by atoms with E-state index >= 15 is 0 Å². The number of hydrogen-bond acceptors (Lipinski definition) is 2. The number of alkyl halides is 3. The zero-order valence-electron chi connectivity index (χ0n) is 9.07. The summed E-state index contributed by atoms with van der Waals surface area (Å²) >= 11 is 0. The van der Waals surface area contributed by atoms with Gasteiger partial charge in [0.25, 0.3) is 5.91 Å². The van der Waals surface area contributed by atoms with Crippen LogP contribution in [0.25, 0.3) is 0 Å². The van der Waals surface area contributed by atoms with Crippen LogP contribution in [0.3, 0.4) is 0 Å². The fraction of sp³-hybridized carbons (Fsp3) is 0.273. The number of urea groups is 1. The Kier molecular flexibility index (Phi) is 2.98. The highest BCUT2D eigenvalue weighted by Gasteiger charge is 2.44. The Morgan fingerprint density at radius 1 is 1.17 bits per heavy atom. The first-order valence-corrected chi connectivity index (χ1v) is 5.12. The van der Waals surface area contributed by atoms with Gasteiger partial charge < -0.3 is 5.32 Å². The summed E-state index contributed by atoms with van der Waals surface area (Å²) in [6.45, 7) is -1.57. The molecular formula is C11H9F3N2O2. The Bertz CT molecular complexity index is 473. The molecule has 1 fully saturated rings. The van der Waals surface area contributed by atoms with Crippen LogP contribution in [0.1, 0.15) is 11.6 Å². The van der Waals surface area contributed by atoms with Gasteiger partial charge in [-0.2, -0.15) is 13.2 Å². The van der Waals surface area contributed by atoms with Crippen LogP contribution in [0, 0.1) is 0 Å². The van der Waals surface area contributed by atoms with Gasteiger partial charge in [0.2, 0.25) is 0 Å². The van der Waals surface area contributed by atoms with E-state index in [9.17, 15) is 22.8 Å². The molecule has 0 aromatic heterocycles. The number of carbonyl (C=O) groups is 2. The minimum Gasteiger partial charge on any atom is -0.322 e. The number of amides is 3. The second-order valence-corrected chi connectivity index (χ2v) is 3.83. The smallest absolute Gasteiger partial charge is 0.322 e. The molecule has 0 saturated carbocycles. The van der Waals surface area contributed by atoms with Gasteiger partial charge in [0.1, 0.15) is 12.6 Å². The molecule has 1 aromatic rings. The molecule has 1 aliphatic heterocycles. The van der Waals surface area contributed by atoms with Crippen molar-refractivity contribution in [3.63, 3.8) is 0 Å². The van der Waals surface area contributed by atoms with Crippen LogP contribution in [-0.2, 0) is 4.79 Å². The van der Waals surface area contributed by atoms with Gasteiger partial charge in [-0.15, -0.1) is 0 Å². The van der Waals surface area contributed by atoms with Gasteiger partial charge in [0, 0.05) is 0 Å². The number of halogens is 3. The molecule has 1 N–H and O–H groups in total. The third kappa shape index (κ3) is 2.44. The van der Waals surface area contributed by atoms with Crippen LogP contribution in [0.4, 0.5) is 18.0 Å². The van der Waals surface area contributed by atoms with Gasteiger partial charge in [-0.1, -0.05) is 30.3 Å². The summed E-state index contributed by atoms with van der Waals surface area (Å²) in [5.41, 5.74) is 0.459. The van der Waals surface area contributed by atoms with Crippen LogP contribution < -0.4 is 5.32 Å². The molecule has 0 spiro atoms. The molecule has 4 nitrogen and oxygen atoms in total. The van der Waals surface area contributed by atoms with Crippen LogP contribution in [-0.4, -0.2) is 29.6 Å². The van der Waals surface area contributed by atoms with Crippen molar-refractivity contribution in [1.82, 2.24) is 10.2 Å². The summed E-state index contributed by atoms with van der Waals surface area (Å²) < 4.78 is 36.6. The fourth-order valence-electron chi connectivity index (χ4n) is 1.72. The second-order valence-electron chi connectivity index (χ2n) is 3.83. The van der Waals surface area contributed by atoms with E-state index in [1.54, 1.807) is 30.3 Å². The molecule has 1 atom stereocenters. The maximum Gasteiger partial charge on any atom is 0.406 e. The topological polar surface area (TPSA) is 49.4 Å². The van der Waals surface area contributed by atoms with Gasteiger partial charge in [-0.05, 0) is 5.56 Å². The number of rotatable bonds is 2. The van der Waals surface area contributed by atoms with Crippen molar-refractivity contribution in [2.24, 2.45) is 0 Å². The maximum absolute atomic E-state index is 12.2.